The molecule has 29 heavy (non-hydrogen) atoms. The second-order valence-electron chi connectivity index (χ2n) is 5.67. The van der Waals surface area contributed by atoms with Crippen molar-refractivity contribution in [1.29, 1.82) is 0 Å². The SMILES string of the molecule is CC(=O)OCCNC(=O)c1cc(NC(=O)CCl)cc(C(=O)NCCOC(C)=O)c1. The average Bonchev–Trinajstić information content (AvgIpc) is 2.67. The van der Waals surface area contributed by atoms with E-state index in [-0.39, 0.29) is 49.0 Å². The van der Waals surface area contributed by atoms with E-state index in [1.165, 1.54) is 32.0 Å². The third kappa shape index (κ3) is 9.56. The number of ether oxygens (including phenoxy) is 2. The summed E-state index contributed by atoms with van der Waals surface area (Å²) < 4.78 is 9.45. The van der Waals surface area contributed by atoms with Crippen LogP contribution in [0.15, 0.2) is 18.2 Å². The lowest BCUT2D eigenvalue weighted by atomic mass is 10.1. The van der Waals surface area contributed by atoms with E-state index in [1.807, 2.05) is 0 Å². The zero-order chi connectivity index (χ0) is 21.8. The first kappa shape index (κ1) is 23.9. The number of rotatable bonds is 10. The van der Waals surface area contributed by atoms with Crippen molar-refractivity contribution in [3.8, 4) is 0 Å². The Morgan fingerprint density at radius 1 is 0.828 bits per heavy atom. The summed E-state index contributed by atoms with van der Waals surface area (Å²) in [5, 5.41) is 7.55. The van der Waals surface area contributed by atoms with Gasteiger partial charge in [0.05, 0.1) is 13.1 Å². The van der Waals surface area contributed by atoms with E-state index >= 15 is 0 Å². The number of alkyl halides is 1. The van der Waals surface area contributed by atoms with E-state index in [1.54, 1.807) is 0 Å². The predicted octanol–water partition coefficient (Wildman–Crippen LogP) is 0.450. The summed E-state index contributed by atoms with van der Waals surface area (Å²) in [6.45, 7) is 2.62. The van der Waals surface area contributed by atoms with Crippen molar-refractivity contribution in [1.82, 2.24) is 10.6 Å². The second-order valence-corrected chi connectivity index (χ2v) is 5.94. The molecule has 0 aromatic heterocycles. The van der Waals surface area contributed by atoms with E-state index in [2.05, 4.69) is 16.0 Å². The molecule has 0 spiro atoms. The molecule has 10 nitrogen and oxygen atoms in total. The largest absolute Gasteiger partial charge is 0.464 e. The smallest absolute Gasteiger partial charge is 0.302 e. The van der Waals surface area contributed by atoms with Gasteiger partial charge >= 0.3 is 11.9 Å². The summed E-state index contributed by atoms with van der Waals surface area (Å²) in [7, 11) is 0. The highest BCUT2D eigenvalue weighted by molar-refractivity contribution is 6.29. The van der Waals surface area contributed by atoms with E-state index in [4.69, 9.17) is 21.1 Å². The molecular formula is C18H22ClN3O7. The topological polar surface area (TPSA) is 140 Å². The third-order valence-corrected chi connectivity index (χ3v) is 3.49. The molecule has 0 fully saturated rings. The van der Waals surface area contributed by atoms with Crippen LogP contribution in [0.25, 0.3) is 0 Å². The van der Waals surface area contributed by atoms with Gasteiger partial charge in [-0.1, -0.05) is 0 Å². The van der Waals surface area contributed by atoms with Crippen LogP contribution in [0, 0.1) is 0 Å². The third-order valence-electron chi connectivity index (χ3n) is 3.25. The Morgan fingerprint density at radius 2 is 1.28 bits per heavy atom. The highest BCUT2D eigenvalue weighted by Gasteiger charge is 2.14. The van der Waals surface area contributed by atoms with Crippen LogP contribution >= 0.6 is 11.6 Å². The minimum Gasteiger partial charge on any atom is -0.464 e. The number of carbonyl (C=O) groups excluding carboxylic acids is 5. The van der Waals surface area contributed by atoms with Gasteiger partial charge in [0.2, 0.25) is 5.91 Å². The molecule has 158 valence electrons. The molecule has 0 bridgehead atoms. The molecule has 1 aromatic rings. The van der Waals surface area contributed by atoms with Crippen LogP contribution in [-0.4, -0.2) is 61.8 Å². The van der Waals surface area contributed by atoms with Gasteiger partial charge in [-0.2, -0.15) is 0 Å². The molecule has 0 unspecified atom stereocenters. The van der Waals surface area contributed by atoms with E-state index in [0.717, 1.165) is 0 Å². The Bertz CT molecular complexity index is 730. The van der Waals surface area contributed by atoms with Gasteiger partial charge in [-0.25, -0.2) is 0 Å². The predicted molar refractivity (Wildman–Crippen MR) is 104 cm³/mol. The molecule has 0 radical (unpaired) electrons. The number of amides is 3. The van der Waals surface area contributed by atoms with Crippen LogP contribution < -0.4 is 16.0 Å². The lowest BCUT2D eigenvalue weighted by Crippen LogP contribution is -2.30. The van der Waals surface area contributed by atoms with E-state index in [0.29, 0.717) is 0 Å². The Morgan fingerprint density at radius 3 is 1.66 bits per heavy atom. The normalized spacial score (nSPS) is 9.90. The number of esters is 2. The van der Waals surface area contributed by atoms with Crippen LogP contribution in [0.2, 0.25) is 0 Å². The Hall–Kier alpha value is -3.14. The number of nitrogens with one attached hydrogen (secondary N) is 3. The lowest BCUT2D eigenvalue weighted by molar-refractivity contribution is -0.141. The summed E-state index contributed by atoms with van der Waals surface area (Å²) in [6.07, 6.45) is 0. The molecule has 0 aliphatic rings. The molecule has 0 saturated heterocycles. The molecule has 0 aliphatic heterocycles. The summed E-state index contributed by atoms with van der Waals surface area (Å²) >= 11 is 5.47. The van der Waals surface area contributed by atoms with Crippen molar-refractivity contribution >= 4 is 46.9 Å². The van der Waals surface area contributed by atoms with Crippen molar-refractivity contribution in [2.24, 2.45) is 0 Å². The van der Waals surface area contributed by atoms with E-state index in [9.17, 15) is 24.0 Å². The second kappa shape index (κ2) is 12.3. The minimum absolute atomic E-state index is 0.00671. The Balaban J connectivity index is 2.89. The molecule has 0 aliphatic carbocycles. The van der Waals surface area contributed by atoms with Crippen LogP contribution in [-0.2, 0) is 23.9 Å². The quantitative estimate of drug-likeness (QED) is 0.280. The maximum absolute atomic E-state index is 12.3. The highest BCUT2D eigenvalue weighted by Crippen LogP contribution is 2.16. The summed E-state index contributed by atoms with van der Waals surface area (Å²) in [5.74, 6) is -2.83. The van der Waals surface area contributed by atoms with Gasteiger partial charge in [-0.3, -0.25) is 24.0 Å². The summed E-state index contributed by atoms with van der Waals surface area (Å²) in [4.78, 5) is 57.7. The molecule has 3 amide bonds. The summed E-state index contributed by atoms with van der Waals surface area (Å²) in [6, 6.07) is 4.08. The first-order valence-corrected chi connectivity index (χ1v) is 9.10. The van der Waals surface area contributed by atoms with Crippen molar-refractivity contribution in [2.75, 3.05) is 37.5 Å². The standard InChI is InChI=1S/C18H22ClN3O7/c1-11(23)28-5-3-20-17(26)13-7-14(9-15(8-13)22-16(25)10-19)18(27)21-4-6-29-12(2)24/h7-9H,3-6,10H2,1-2H3,(H,20,26)(H,21,27)(H,22,25). The number of anilines is 1. The fraction of sp³-hybridized carbons (Fsp3) is 0.389. The number of hydrogen-bond donors (Lipinski definition) is 3. The van der Waals surface area contributed by atoms with Gasteiger partial charge in [0.1, 0.15) is 19.1 Å². The molecular weight excluding hydrogens is 406 g/mol. The zero-order valence-corrected chi connectivity index (χ0v) is 16.8. The van der Waals surface area contributed by atoms with Crippen LogP contribution in [0.1, 0.15) is 34.6 Å². The molecule has 0 heterocycles. The van der Waals surface area contributed by atoms with Gasteiger partial charge < -0.3 is 25.4 Å². The molecule has 1 rings (SSSR count). The number of benzene rings is 1. The Kier molecular flexibility index (Phi) is 10.2. The van der Waals surface area contributed by atoms with Crippen molar-refractivity contribution in [2.45, 2.75) is 13.8 Å². The number of carbonyl (C=O) groups is 5. The van der Waals surface area contributed by atoms with Crippen molar-refractivity contribution in [3.63, 3.8) is 0 Å². The number of halogens is 1. The minimum atomic E-state index is -0.534. The molecule has 0 atom stereocenters. The fourth-order valence-corrected chi connectivity index (χ4v) is 2.15. The van der Waals surface area contributed by atoms with Crippen molar-refractivity contribution < 1.29 is 33.4 Å². The maximum atomic E-state index is 12.3. The first-order valence-electron chi connectivity index (χ1n) is 8.57. The number of hydrogen-bond acceptors (Lipinski definition) is 7. The monoisotopic (exact) mass is 427 g/mol. The van der Waals surface area contributed by atoms with Gasteiger partial charge in [0.25, 0.3) is 11.8 Å². The summed E-state index contributed by atoms with van der Waals surface area (Å²) in [5.41, 5.74) is 0.407. The average molecular weight is 428 g/mol. The molecule has 0 saturated carbocycles. The van der Waals surface area contributed by atoms with Crippen LogP contribution in [0.3, 0.4) is 0 Å². The lowest BCUT2D eigenvalue weighted by Gasteiger charge is -2.11. The van der Waals surface area contributed by atoms with Gasteiger partial charge in [-0.05, 0) is 18.2 Å². The first-order chi connectivity index (χ1) is 13.7. The molecule has 1 aromatic carbocycles. The van der Waals surface area contributed by atoms with Crippen molar-refractivity contribution in [3.05, 3.63) is 29.3 Å². The molecule has 11 heteroatoms. The van der Waals surface area contributed by atoms with E-state index < -0.39 is 29.7 Å². The van der Waals surface area contributed by atoms with Gasteiger partial charge in [-0.15, -0.1) is 11.6 Å². The van der Waals surface area contributed by atoms with Crippen LogP contribution in [0.5, 0.6) is 0 Å². The molecule has 3 N–H and O–H groups in total. The van der Waals surface area contributed by atoms with Gasteiger partial charge in [0, 0.05) is 30.7 Å². The Labute approximate surface area is 172 Å². The zero-order valence-electron chi connectivity index (χ0n) is 16.0. The maximum Gasteiger partial charge on any atom is 0.302 e. The van der Waals surface area contributed by atoms with Gasteiger partial charge in [0.15, 0.2) is 0 Å². The fourth-order valence-electron chi connectivity index (χ4n) is 2.08. The highest BCUT2D eigenvalue weighted by atomic mass is 35.5. The van der Waals surface area contributed by atoms with Crippen LogP contribution in [0.4, 0.5) is 5.69 Å².